The summed E-state index contributed by atoms with van der Waals surface area (Å²) in [5, 5.41) is 18.5. The van der Waals surface area contributed by atoms with Crippen molar-refractivity contribution in [1.29, 1.82) is 0 Å². The highest BCUT2D eigenvalue weighted by Gasteiger charge is 2.11. The van der Waals surface area contributed by atoms with Crippen LogP contribution in [0, 0.1) is 0 Å². The van der Waals surface area contributed by atoms with Crippen LogP contribution < -0.4 is 5.32 Å². The molecule has 8 heteroatoms. The number of rotatable bonds is 6. The number of hydrogen-bond donors (Lipinski definition) is 2. The zero-order valence-electron chi connectivity index (χ0n) is 12.2. The van der Waals surface area contributed by atoms with Crippen LogP contribution in [0.2, 0.25) is 0 Å². The van der Waals surface area contributed by atoms with E-state index in [4.69, 9.17) is 9.84 Å². The van der Waals surface area contributed by atoms with E-state index in [0.29, 0.717) is 5.69 Å². The Bertz CT molecular complexity index is 683. The molecule has 1 unspecified atom stereocenters. The maximum Gasteiger partial charge on any atom is 0.358 e. The van der Waals surface area contributed by atoms with Gasteiger partial charge in [0.25, 0.3) is 0 Å². The van der Waals surface area contributed by atoms with Crippen LogP contribution in [0.25, 0.3) is 0 Å². The maximum absolute atomic E-state index is 11.9. The fourth-order valence-corrected chi connectivity index (χ4v) is 1.83. The van der Waals surface area contributed by atoms with E-state index in [0.717, 1.165) is 5.56 Å². The average molecular weight is 304 g/mol. The third kappa shape index (κ3) is 3.89. The minimum absolute atomic E-state index is 0.0784. The van der Waals surface area contributed by atoms with Gasteiger partial charge in [-0.15, -0.1) is 5.10 Å². The summed E-state index contributed by atoms with van der Waals surface area (Å²) in [5.41, 5.74) is 1.36. The number of nitrogens with one attached hydrogen (secondary N) is 1. The Labute approximate surface area is 126 Å². The number of aromatic carboxylic acids is 1. The summed E-state index contributed by atoms with van der Waals surface area (Å²) < 4.78 is 6.39. The standard InChI is InChI=1S/C14H16N4O4/c1-9(22-2)10-4-3-5-11(6-10)15-13(19)8-18-7-12(14(20)21)16-17-18/h3-7,9H,8H2,1-2H3,(H,15,19)(H,20,21). The first-order chi connectivity index (χ1) is 10.5. The highest BCUT2D eigenvalue weighted by Crippen LogP contribution is 2.19. The van der Waals surface area contributed by atoms with E-state index < -0.39 is 5.97 Å². The summed E-state index contributed by atoms with van der Waals surface area (Å²) in [5.74, 6) is -1.52. The number of anilines is 1. The van der Waals surface area contributed by atoms with Crippen molar-refractivity contribution in [3.8, 4) is 0 Å². The molecule has 8 nitrogen and oxygen atoms in total. The topological polar surface area (TPSA) is 106 Å². The van der Waals surface area contributed by atoms with E-state index in [2.05, 4.69) is 15.6 Å². The van der Waals surface area contributed by atoms with Crippen molar-refractivity contribution in [2.45, 2.75) is 19.6 Å². The van der Waals surface area contributed by atoms with Gasteiger partial charge in [-0.05, 0) is 24.6 Å². The predicted octanol–water partition coefficient (Wildman–Crippen LogP) is 1.32. The Kier molecular flexibility index (Phi) is 4.84. The molecule has 2 N–H and O–H groups in total. The molecule has 0 bridgehead atoms. The number of aromatic nitrogens is 3. The minimum Gasteiger partial charge on any atom is -0.476 e. The molecule has 1 heterocycles. The van der Waals surface area contributed by atoms with Gasteiger partial charge in [-0.2, -0.15) is 0 Å². The number of nitrogens with zero attached hydrogens (tertiary/aromatic N) is 3. The van der Waals surface area contributed by atoms with Crippen molar-refractivity contribution in [2.75, 3.05) is 12.4 Å². The van der Waals surface area contributed by atoms with Gasteiger partial charge in [0, 0.05) is 12.8 Å². The van der Waals surface area contributed by atoms with Crippen molar-refractivity contribution in [1.82, 2.24) is 15.0 Å². The van der Waals surface area contributed by atoms with Crippen molar-refractivity contribution in [2.24, 2.45) is 0 Å². The molecule has 0 aliphatic rings. The SMILES string of the molecule is COC(C)c1cccc(NC(=O)Cn2cc(C(=O)O)nn2)c1. The van der Waals surface area contributed by atoms with Gasteiger partial charge in [0.05, 0.1) is 12.3 Å². The lowest BCUT2D eigenvalue weighted by atomic mass is 10.1. The first-order valence-corrected chi connectivity index (χ1v) is 6.55. The lowest BCUT2D eigenvalue weighted by Crippen LogP contribution is -2.19. The second kappa shape index (κ2) is 6.81. The Morgan fingerprint density at radius 1 is 1.45 bits per heavy atom. The molecule has 1 aromatic carbocycles. The van der Waals surface area contributed by atoms with Crippen molar-refractivity contribution in [3.05, 3.63) is 41.7 Å². The Morgan fingerprint density at radius 2 is 2.23 bits per heavy atom. The van der Waals surface area contributed by atoms with E-state index >= 15 is 0 Å². The largest absolute Gasteiger partial charge is 0.476 e. The third-order valence-corrected chi connectivity index (χ3v) is 3.06. The number of methoxy groups -OCH3 is 1. The molecular weight excluding hydrogens is 288 g/mol. The zero-order chi connectivity index (χ0) is 16.1. The van der Waals surface area contributed by atoms with E-state index in [1.165, 1.54) is 10.9 Å². The summed E-state index contributed by atoms with van der Waals surface area (Å²) in [7, 11) is 1.61. The van der Waals surface area contributed by atoms with E-state index in [-0.39, 0.29) is 24.2 Å². The summed E-state index contributed by atoms with van der Waals surface area (Å²) in [6.07, 6.45) is 1.12. The smallest absolute Gasteiger partial charge is 0.358 e. The Morgan fingerprint density at radius 3 is 2.86 bits per heavy atom. The number of carboxylic acid groups (broad SMARTS) is 1. The molecular formula is C14H16N4O4. The lowest BCUT2D eigenvalue weighted by molar-refractivity contribution is -0.116. The fraction of sp³-hybridized carbons (Fsp3) is 0.286. The van der Waals surface area contributed by atoms with Crippen LogP contribution in [-0.2, 0) is 16.1 Å². The van der Waals surface area contributed by atoms with Crippen LogP contribution in [-0.4, -0.2) is 39.1 Å². The first-order valence-electron chi connectivity index (χ1n) is 6.55. The third-order valence-electron chi connectivity index (χ3n) is 3.06. The monoisotopic (exact) mass is 304 g/mol. The van der Waals surface area contributed by atoms with Gasteiger partial charge in [-0.3, -0.25) is 4.79 Å². The van der Waals surface area contributed by atoms with Crippen LogP contribution >= 0.6 is 0 Å². The lowest BCUT2D eigenvalue weighted by Gasteiger charge is -2.12. The normalized spacial score (nSPS) is 11.9. The van der Waals surface area contributed by atoms with Crippen LogP contribution in [0.3, 0.4) is 0 Å². The molecule has 0 saturated carbocycles. The number of carbonyl (C=O) groups is 2. The molecule has 0 fully saturated rings. The molecule has 2 aromatic rings. The quantitative estimate of drug-likeness (QED) is 0.833. The van der Waals surface area contributed by atoms with Crippen molar-refractivity contribution >= 4 is 17.6 Å². The molecule has 0 radical (unpaired) electrons. The van der Waals surface area contributed by atoms with E-state index in [1.54, 1.807) is 13.2 Å². The second-order valence-electron chi connectivity index (χ2n) is 4.66. The average Bonchev–Trinajstić information content (AvgIpc) is 2.95. The number of carbonyl (C=O) groups excluding carboxylic acids is 1. The van der Waals surface area contributed by atoms with E-state index in [9.17, 15) is 9.59 Å². The molecule has 2 rings (SSSR count). The molecule has 1 aromatic heterocycles. The van der Waals surface area contributed by atoms with Gasteiger partial charge in [0.1, 0.15) is 6.54 Å². The van der Waals surface area contributed by atoms with Crippen LogP contribution in [0.15, 0.2) is 30.5 Å². The van der Waals surface area contributed by atoms with Gasteiger partial charge < -0.3 is 15.2 Å². The first kappa shape index (κ1) is 15.6. The number of benzene rings is 1. The van der Waals surface area contributed by atoms with Gasteiger partial charge >= 0.3 is 5.97 Å². The van der Waals surface area contributed by atoms with Gasteiger partial charge in [0.15, 0.2) is 5.69 Å². The maximum atomic E-state index is 11.9. The highest BCUT2D eigenvalue weighted by molar-refractivity contribution is 5.90. The summed E-state index contributed by atoms with van der Waals surface area (Å²) in [6, 6.07) is 7.29. The fourth-order valence-electron chi connectivity index (χ4n) is 1.83. The summed E-state index contributed by atoms with van der Waals surface area (Å²) in [4.78, 5) is 22.6. The molecule has 0 spiro atoms. The highest BCUT2D eigenvalue weighted by atomic mass is 16.5. The molecule has 22 heavy (non-hydrogen) atoms. The Balaban J connectivity index is 2.00. The molecule has 0 aliphatic carbocycles. The van der Waals surface area contributed by atoms with Crippen LogP contribution in [0.1, 0.15) is 29.1 Å². The predicted molar refractivity (Wildman–Crippen MR) is 77.5 cm³/mol. The Hall–Kier alpha value is -2.74. The number of amides is 1. The van der Waals surface area contributed by atoms with Crippen molar-refractivity contribution < 1.29 is 19.4 Å². The van der Waals surface area contributed by atoms with Gasteiger partial charge in [-0.25, -0.2) is 9.48 Å². The molecule has 116 valence electrons. The summed E-state index contributed by atoms with van der Waals surface area (Å²) in [6.45, 7) is 1.79. The molecule has 0 aliphatic heterocycles. The van der Waals surface area contributed by atoms with Gasteiger partial charge in [-0.1, -0.05) is 17.3 Å². The van der Waals surface area contributed by atoms with Crippen LogP contribution in [0.5, 0.6) is 0 Å². The van der Waals surface area contributed by atoms with E-state index in [1.807, 2.05) is 25.1 Å². The minimum atomic E-state index is -1.19. The molecule has 1 amide bonds. The summed E-state index contributed by atoms with van der Waals surface area (Å²) >= 11 is 0. The number of hydrogen-bond acceptors (Lipinski definition) is 5. The number of carboxylic acids is 1. The molecule has 1 atom stereocenters. The number of ether oxygens (including phenoxy) is 1. The van der Waals surface area contributed by atoms with Crippen LogP contribution in [0.4, 0.5) is 5.69 Å². The second-order valence-corrected chi connectivity index (χ2v) is 4.66. The van der Waals surface area contributed by atoms with Gasteiger partial charge in [0.2, 0.25) is 5.91 Å². The molecule has 0 saturated heterocycles. The van der Waals surface area contributed by atoms with Crippen molar-refractivity contribution in [3.63, 3.8) is 0 Å². The zero-order valence-corrected chi connectivity index (χ0v) is 12.2.